The van der Waals surface area contributed by atoms with Crippen LogP contribution in [0.5, 0.6) is 0 Å². The number of thioether (sulfide) groups is 3. The molecule has 4 heteroatoms. The maximum absolute atomic E-state index is 4.32. The van der Waals surface area contributed by atoms with Crippen molar-refractivity contribution in [3.05, 3.63) is 52.1 Å². The van der Waals surface area contributed by atoms with E-state index in [9.17, 15) is 0 Å². The van der Waals surface area contributed by atoms with Crippen LogP contribution >= 0.6 is 35.3 Å². The van der Waals surface area contributed by atoms with Gasteiger partial charge < -0.3 is 0 Å². The Balaban J connectivity index is 2.36. The van der Waals surface area contributed by atoms with Crippen LogP contribution in [0.2, 0.25) is 0 Å². The van der Waals surface area contributed by atoms with Crippen molar-refractivity contribution < 1.29 is 0 Å². The van der Waals surface area contributed by atoms with Crippen molar-refractivity contribution in [1.29, 1.82) is 0 Å². The first-order chi connectivity index (χ1) is 10.2. The van der Waals surface area contributed by atoms with E-state index in [0.717, 1.165) is 27.7 Å². The standard InChI is InChI=1S/C17H21NS3/c1-5-9-17(18-4)20-13-14(2)12-19-15(3)21-16-10-7-6-8-11-16/h7,10-12H,3,5,9,13H2,1-2,4H3/b14-12+,18-17+. The fraction of sp³-hybridized carbons (Fsp3) is 0.353. The molecule has 112 valence electrons. The zero-order valence-electron chi connectivity index (χ0n) is 12.8. The molecule has 1 nitrogen and oxygen atoms in total. The van der Waals surface area contributed by atoms with Gasteiger partial charge in [0.25, 0.3) is 0 Å². The molecule has 1 aromatic rings. The number of aliphatic imine (C=N–C) groups is 1. The zero-order valence-corrected chi connectivity index (χ0v) is 15.3. The minimum absolute atomic E-state index is 0.992. The summed E-state index contributed by atoms with van der Waals surface area (Å²) in [5.41, 5.74) is 1.34. The van der Waals surface area contributed by atoms with Crippen molar-refractivity contribution in [1.82, 2.24) is 0 Å². The molecule has 0 fully saturated rings. The van der Waals surface area contributed by atoms with Gasteiger partial charge in [-0.25, -0.2) is 0 Å². The number of hydrogen-bond acceptors (Lipinski definition) is 4. The number of rotatable bonds is 8. The lowest BCUT2D eigenvalue weighted by molar-refractivity contribution is 1.00. The van der Waals surface area contributed by atoms with Crippen LogP contribution in [0, 0.1) is 12.1 Å². The van der Waals surface area contributed by atoms with Crippen molar-refractivity contribution in [2.75, 3.05) is 12.8 Å². The first-order valence-corrected chi connectivity index (χ1v) is 9.49. The molecular formula is C17H21NS3. The summed E-state index contributed by atoms with van der Waals surface area (Å²) in [6, 6.07) is 11.7. The van der Waals surface area contributed by atoms with E-state index in [1.54, 1.807) is 23.5 Å². The van der Waals surface area contributed by atoms with Crippen LogP contribution < -0.4 is 0 Å². The first-order valence-electron chi connectivity index (χ1n) is 6.81. The van der Waals surface area contributed by atoms with Crippen LogP contribution in [-0.2, 0) is 0 Å². The third-order valence-corrected chi connectivity index (χ3v) is 5.79. The SMILES string of the molecule is C=C(S/C=C(\C)CS/C(CCC)=N/C)Sc1cc#ccc1. The fourth-order valence-electron chi connectivity index (χ4n) is 1.41. The van der Waals surface area contributed by atoms with Crippen LogP contribution in [0.25, 0.3) is 0 Å². The van der Waals surface area contributed by atoms with E-state index in [1.165, 1.54) is 10.6 Å². The molecule has 0 aromatic heterocycles. The quantitative estimate of drug-likeness (QED) is 0.326. The van der Waals surface area contributed by atoms with E-state index in [-0.39, 0.29) is 0 Å². The monoisotopic (exact) mass is 335 g/mol. The zero-order chi connectivity index (χ0) is 15.5. The highest BCUT2D eigenvalue weighted by atomic mass is 32.2. The van der Waals surface area contributed by atoms with Gasteiger partial charge in [0.05, 0.1) is 5.04 Å². The maximum atomic E-state index is 4.32. The Bertz CT molecular complexity index is 492. The van der Waals surface area contributed by atoms with Crippen molar-refractivity contribution in [3.8, 4) is 0 Å². The van der Waals surface area contributed by atoms with Gasteiger partial charge in [-0.2, -0.15) is 0 Å². The molecule has 0 amide bonds. The normalized spacial score (nSPS) is 12.1. The van der Waals surface area contributed by atoms with Crippen molar-refractivity contribution in [2.45, 2.75) is 31.6 Å². The molecule has 0 spiro atoms. The predicted octanol–water partition coefficient (Wildman–Crippen LogP) is 6.05. The van der Waals surface area contributed by atoms with Crippen LogP contribution in [0.3, 0.4) is 0 Å². The van der Waals surface area contributed by atoms with E-state index < -0.39 is 0 Å². The van der Waals surface area contributed by atoms with Gasteiger partial charge in [-0.1, -0.05) is 61.2 Å². The molecule has 0 atom stereocenters. The summed E-state index contributed by atoms with van der Waals surface area (Å²) in [7, 11) is 1.87. The van der Waals surface area contributed by atoms with Crippen LogP contribution in [0.1, 0.15) is 26.7 Å². The highest BCUT2D eigenvalue weighted by Crippen LogP contribution is 2.34. The Morgan fingerprint density at radius 1 is 1.43 bits per heavy atom. The van der Waals surface area contributed by atoms with Gasteiger partial charge in [-0.05, 0) is 30.9 Å². The van der Waals surface area contributed by atoms with Gasteiger partial charge in [0.1, 0.15) is 0 Å². The van der Waals surface area contributed by atoms with E-state index in [2.05, 4.69) is 43.0 Å². The topological polar surface area (TPSA) is 12.4 Å². The molecule has 0 saturated heterocycles. The summed E-state index contributed by atoms with van der Waals surface area (Å²) in [4.78, 5) is 5.47. The van der Waals surface area contributed by atoms with Gasteiger partial charge in [-0.3, -0.25) is 4.99 Å². The highest BCUT2D eigenvalue weighted by Gasteiger charge is 2.01. The highest BCUT2D eigenvalue weighted by molar-refractivity contribution is 8.23. The van der Waals surface area contributed by atoms with E-state index in [0.29, 0.717) is 0 Å². The minimum Gasteiger partial charge on any atom is -0.286 e. The fourth-order valence-corrected chi connectivity index (χ4v) is 4.03. The Hall–Kier alpha value is -0.760. The first kappa shape index (κ1) is 18.3. The Labute approximate surface area is 141 Å². The molecule has 0 heterocycles. The molecule has 0 saturated carbocycles. The third-order valence-electron chi connectivity index (χ3n) is 2.43. The van der Waals surface area contributed by atoms with Gasteiger partial charge in [-0.15, -0.1) is 11.8 Å². The summed E-state index contributed by atoms with van der Waals surface area (Å²) in [6.07, 6.45) is 2.22. The molecular weight excluding hydrogens is 314 g/mol. The Morgan fingerprint density at radius 2 is 2.24 bits per heavy atom. The van der Waals surface area contributed by atoms with Crippen LogP contribution in [0.4, 0.5) is 0 Å². The molecule has 0 N–H and O–H groups in total. The van der Waals surface area contributed by atoms with Gasteiger partial charge in [0.15, 0.2) is 0 Å². The van der Waals surface area contributed by atoms with Crippen molar-refractivity contribution in [3.63, 3.8) is 0 Å². The second kappa shape index (κ2) is 10.9. The van der Waals surface area contributed by atoms with Crippen LogP contribution in [0.15, 0.2) is 49.9 Å². The average Bonchev–Trinajstić information content (AvgIpc) is 2.50. The lowest BCUT2D eigenvalue weighted by Crippen LogP contribution is -1.94. The second-order valence-corrected chi connectivity index (χ2v) is 7.82. The lowest BCUT2D eigenvalue weighted by Gasteiger charge is -2.05. The van der Waals surface area contributed by atoms with E-state index >= 15 is 0 Å². The predicted molar refractivity (Wildman–Crippen MR) is 101 cm³/mol. The summed E-state index contributed by atoms with van der Waals surface area (Å²) in [6.45, 7) is 8.43. The molecule has 0 aliphatic heterocycles. The van der Waals surface area contributed by atoms with Crippen molar-refractivity contribution in [2.24, 2.45) is 4.99 Å². The molecule has 0 radical (unpaired) electrons. The molecule has 1 rings (SSSR count). The molecule has 21 heavy (non-hydrogen) atoms. The lowest BCUT2D eigenvalue weighted by atomic mass is 10.4. The van der Waals surface area contributed by atoms with E-state index in [4.69, 9.17) is 0 Å². The number of hydrogen-bond donors (Lipinski definition) is 0. The molecule has 0 unspecified atom stereocenters. The summed E-state index contributed by atoms with van der Waals surface area (Å²) >= 11 is 5.18. The maximum Gasteiger partial charge on any atom is 0.0675 e. The summed E-state index contributed by atoms with van der Waals surface area (Å²) < 4.78 is 1.07. The van der Waals surface area contributed by atoms with Crippen LogP contribution in [-0.4, -0.2) is 17.8 Å². The largest absolute Gasteiger partial charge is 0.286 e. The van der Waals surface area contributed by atoms with Crippen molar-refractivity contribution >= 4 is 40.3 Å². The average molecular weight is 336 g/mol. The smallest absolute Gasteiger partial charge is 0.0675 e. The minimum atomic E-state index is 0.992. The second-order valence-electron chi connectivity index (χ2n) is 4.38. The number of nitrogens with zero attached hydrogens (tertiary/aromatic N) is 1. The molecule has 0 aliphatic carbocycles. The van der Waals surface area contributed by atoms with Gasteiger partial charge in [0.2, 0.25) is 0 Å². The molecule has 0 bridgehead atoms. The van der Waals surface area contributed by atoms with Gasteiger partial charge >= 0.3 is 0 Å². The Kier molecular flexibility index (Phi) is 9.49. The molecule has 1 aromatic carbocycles. The van der Waals surface area contributed by atoms with E-state index in [1.807, 2.05) is 37.0 Å². The summed E-state index contributed by atoms with van der Waals surface area (Å²) in [5, 5.41) is 3.42. The summed E-state index contributed by atoms with van der Waals surface area (Å²) in [5.74, 6) is 0.992. The third kappa shape index (κ3) is 8.31. The Morgan fingerprint density at radius 3 is 2.86 bits per heavy atom. The van der Waals surface area contributed by atoms with Gasteiger partial charge in [0, 0.05) is 28.0 Å². The molecule has 0 aliphatic rings.